The molecule has 1 saturated carbocycles. The average molecular weight is 284 g/mol. The van der Waals surface area contributed by atoms with E-state index in [0.29, 0.717) is 0 Å². The van der Waals surface area contributed by atoms with Crippen LogP contribution in [-0.2, 0) is 0 Å². The standard InChI is InChI=1S/C15H29N.2C2H6/c1-4-16-11-9-15(10-12-16)7-5-14(6-8-15)13(2)3;2*1-2/h13-14H,4-12H2,1-3H3;2*1-2H3. The highest BCUT2D eigenvalue weighted by Crippen LogP contribution is 2.47. The van der Waals surface area contributed by atoms with E-state index in [1.54, 1.807) is 0 Å². The first kappa shape index (κ1) is 20.0. The van der Waals surface area contributed by atoms with Gasteiger partial charge in [0.15, 0.2) is 0 Å². The molecule has 2 rings (SSSR count). The fourth-order valence-corrected chi connectivity index (χ4v) is 3.76. The van der Waals surface area contributed by atoms with Crippen molar-refractivity contribution >= 4 is 0 Å². The van der Waals surface area contributed by atoms with Gasteiger partial charge in [-0.2, -0.15) is 0 Å². The Hall–Kier alpha value is -0.0400. The number of nitrogens with zero attached hydrogens (tertiary/aromatic N) is 1. The van der Waals surface area contributed by atoms with E-state index in [1.165, 1.54) is 58.2 Å². The van der Waals surface area contributed by atoms with Gasteiger partial charge in [-0.25, -0.2) is 0 Å². The summed E-state index contributed by atoms with van der Waals surface area (Å²) in [6, 6.07) is 0. The maximum atomic E-state index is 2.62. The van der Waals surface area contributed by atoms with Gasteiger partial charge in [-0.05, 0) is 75.4 Å². The fraction of sp³-hybridized carbons (Fsp3) is 1.00. The molecule has 0 atom stereocenters. The molecule has 0 aromatic carbocycles. The van der Waals surface area contributed by atoms with Crippen LogP contribution in [0.25, 0.3) is 0 Å². The van der Waals surface area contributed by atoms with E-state index in [0.717, 1.165) is 17.3 Å². The van der Waals surface area contributed by atoms with E-state index in [4.69, 9.17) is 0 Å². The van der Waals surface area contributed by atoms with Crippen LogP contribution in [-0.4, -0.2) is 24.5 Å². The minimum absolute atomic E-state index is 0.761. The van der Waals surface area contributed by atoms with E-state index < -0.39 is 0 Å². The van der Waals surface area contributed by atoms with Crippen LogP contribution in [0.2, 0.25) is 0 Å². The Balaban J connectivity index is 0.000000829. The van der Waals surface area contributed by atoms with Crippen LogP contribution in [0.3, 0.4) is 0 Å². The first-order chi connectivity index (χ1) is 9.65. The molecule has 0 bridgehead atoms. The minimum Gasteiger partial charge on any atom is -0.304 e. The molecule has 1 spiro atoms. The Labute approximate surface area is 129 Å². The smallest absolute Gasteiger partial charge is 0.00135 e. The Bertz CT molecular complexity index is 204. The summed E-state index contributed by atoms with van der Waals surface area (Å²) >= 11 is 0. The van der Waals surface area contributed by atoms with E-state index in [9.17, 15) is 0 Å². The first-order valence-corrected chi connectivity index (χ1v) is 9.37. The molecule has 1 nitrogen and oxygen atoms in total. The molecule has 0 unspecified atom stereocenters. The molecule has 1 aliphatic heterocycles. The molecule has 0 N–H and O–H groups in total. The van der Waals surface area contributed by atoms with E-state index in [2.05, 4.69) is 25.7 Å². The van der Waals surface area contributed by atoms with Crippen molar-refractivity contribution in [2.24, 2.45) is 17.3 Å². The number of hydrogen-bond acceptors (Lipinski definition) is 1. The van der Waals surface area contributed by atoms with Crippen LogP contribution < -0.4 is 0 Å². The van der Waals surface area contributed by atoms with E-state index >= 15 is 0 Å². The van der Waals surface area contributed by atoms with Crippen LogP contribution in [0.5, 0.6) is 0 Å². The van der Waals surface area contributed by atoms with Crippen molar-refractivity contribution in [3.05, 3.63) is 0 Å². The summed E-state index contributed by atoms with van der Waals surface area (Å²) in [6.45, 7) is 19.1. The van der Waals surface area contributed by atoms with Gasteiger partial charge in [-0.3, -0.25) is 0 Å². The number of piperidine rings is 1. The average Bonchev–Trinajstić information content (AvgIpc) is 2.52. The molecule has 2 aliphatic rings. The predicted octanol–water partition coefficient (Wildman–Crippen LogP) is 5.99. The maximum Gasteiger partial charge on any atom is -0.00135 e. The molecular weight excluding hydrogens is 242 g/mol. The van der Waals surface area contributed by atoms with Crippen LogP contribution in [0.4, 0.5) is 0 Å². The van der Waals surface area contributed by atoms with Crippen molar-refractivity contribution < 1.29 is 0 Å². The second kappa shape index (κ2) is 10.7. The van der Waals surface area contributed by atoms with Crippen molar-refractivity contribution in [3.8, 4) is 0 Å². The van der Waals surface area contributed by atoms with Crippen molar-refractivity contribution in [2.45, 2.75) is 87.0 Å². The quantitative estimate of drug-likeness (QED) is 0.602. The third kappa shape index (κ3) is 5.76. The molecule has 0 radical (unpaired) electrons. The predicted molar refractivity (Wildman–Crippen MR) is 93.3 cm³/mol. The number of likely N-dealkylation sites (tertiary alicyclic amines) is 1. The van der Waals surface area contributed by atoms with Crippen molar-refractivity contribution in [1.82, 2.24) is 4.90 Å². The van der Waals surface area contributed by atoms with Gasteiger partial charge in [-0.1, -0.05) is 48.5 Å². The largest absolute Gasteiger partial charge is 0.304 e. The van der Waals surface area contributed by atoms with Crippen molar-refractivity contribution in [1.29, 1.82) is 0 Å². The Morgan fingerprint density at radius 3 is 1.70 bits per heavy atom. The number of rotatable bonds is 2. The van der Waals surface area contributed by atoms with Crippen LogP contribution in [0, 0.1) is 17.3 Å². The van der Waals surface area contributed by atoms with Crippen LogP contribution >= 0.6 is 0 Å². The van der Waals surface area contributed by atoms with Crippen molar-refractivity contribution in [2.75, 3.05) is 19.6 Å². The second-order valence-electron chi connectivity index (χ2n) is 6.52. The zero-order valence-electron chi connectivity index (χ0n) is 15.5. The lowest BCUT2D eigenvalue weighted by molar-refractivity contribution is 0.0460. The van der Waals surface area contributed by atoms with Gasteiger partial charge < -0.3 is 4.90 Å². The van der Waals surface area contributed by atoms with Crippen LogP contribution in [0.15, 0.2) is 0 Å². The zero-order valence-corrected chi connectivity index (χ0v) is 15.5. The Kier molecular flexibility index (Phi) is 10.6. The molecule has 1 heteroatoms. The highest BCUT2D eigenvalue weighted by molar-refractivity contribution is 4.90. The second-order valence-corrected chi connectivity index (χ2v) is 6.52. The SMILES string of the molecule is CC.CC.CCN1CCC2(CCC(C(C)C)CC2)CC1. The molecule has 2 fully saturated rings. The molecule has 1 heterocycles. The zero-order chi connectivity index (χ0) is 15.6. The summed E-state index contributed by atoms with van der Waals surface area (Å²) in [6.07, 6.45) is 9.01. The van der Waals surface area contributed by atoms with Gasteiger partial charge >= 0.3 is 0 Å². The monoisotopic (exact) mass is 283 g/mol. The highest BCUT2D eigenvalue weighted by Gasteiger charge is 2.38. The summed E-state index contributed by atoms with van der Waals surface area (Å²) in [5.74, 6) is 1.93. The summed E-state index contributed by atoms with van der Waals surface area (Å²) < 4.78 is 0. The van der Waals surface area contributed by atoms with Crippen LogP contribution in [0.1, 0.15) is 87.0 Å². The minimum atomic E-state index is 0.761. The molecule has 20 heavy (non-hydrogen) atoms. The summed E-state index contributed by atoms with van der Waals surface area (Å²) in [7, 11) is 0. The molecular formula is C19H41N. The molecule has 0 aromatic rings. The van der Waals surface area contributed by atoms with Gasteiger partial charge in [0, 0.05) is 0 Å². The fourth-order valence-electron chi connectivity index (χ4n) is 3.76. The van der Waals surface area contributed by atoms with Gasteiger partial charge in [0.1, 0.15) is 0 Å². The van der Waals surface area contributed by atoms with Gasteiger partial charge in [0.2, 0.25) is 0 Å². The van der Waals surface area contributed by atoms with Gasteiger partial charge in [0.05, 0.1) is 0 Å². The normalized spacial score (nSPS) is 22.8. The highest BCUT2D eigenvalue weighted by atomic mass is 15.1. The van der Waals surface area contributed by atoms with E-state index in [1.807, 2.05) is 27.7 Å². The molecule has 0 amide bonds. The van der Waals surface area contributed by atoms with Crippen molar-refractivity contribution in [3.63, 3.8) is 0 Å². The molecule has 122 valence electrons. The Morgan fingerprint density at radius 1 is 0.900 bits per heavy atom. The third-order valence-electron chi connectivity index (χ3n) is 5.40. The topological polar surface area (TPSA) is 3.24 Å². The van der Waals surface area contributed by atoms with Gasteiger partial charge in [0.25, 0.3) is 0 Å². The third-order valence-corrected chi connectivity index (χ3v) is 5.40. The molecule has 1 aliphatic carbocycles. The van der Waals surface area contributed by atoms with E-state index in [-0.39, 0.29) is 0 Å². The molecule has 1 saturated heterocycles. The summed E-state index contributed by atoms with van der Waals surface area (Å²) in [4.78, 5) is 2.62. The lowest BCUT2D eigenvalue weighted by Crippen LogP contribution is -2.42. The maximum absolute atomic E-state index is 2.62. The number of hydrogen-bond donors (Lipinski definition) is 0. The first-order valence-electron chi connectivity index (χ1n) is 9.37. The van der Waals surface area contributed by atoms with Gasteiger partial charge in [-0.15, -0.1) is 0 Å². The Morgan fingerprint density at radius 2 is 1.35 bits per heavy atom. The molecule has 0 aromatic heterocycles. The summed E-state index contributed by atoms with van der Waals surface area (Å²) in [5.41, 5.74) is 0.761. The lowest BCUT2D eigenvalue weighted by Gasteiger charge is -2.46. The lowest BCUT2D eigenvalue weighted by atomic mass is 9.64. The summed E-state index contributed by atoms with van der Waals surface area (Å²) in [5, 5.41) is 0.